The molecule has 0 amide bonds. The Labute approximate surface area is 87.0 Å². The number of carbonyl (C=O) groups is 1. The number of hydrogen-bond acceptors (Lipinski definition) is 2. The molecule has 2 nitrogen and oxygen atoms in total. The molecule has 82 valence electrons. The van der Waals surface area contributed by atoms with Gasteiger partial charge in [-0.1, -0.05) is 33.1 Å². The highest BCUT2D eigenvalue weighted by Gasteiger charge is 2.26. The molecule has 0 bridgehead atoms. The SMILES string of the molecule is CCCCCC[C@H]1OC(=O)CC[C@H]1C. The second kappa shape index (κ2) is 6.05. The summed E-state index contributed by atoms with van der Waals surface area (Å²) >= 11 is 0. The van der Waals surface area contributed by atoms with Crippen LogP contribution in [0.2, 0.25) is 0 Å². The van der Waals surface area contributed by atoms with E-state index in [0.717, 1.165) is 12.8 Å². The Morgan fingerprint density at radius 1 is 1.36 bits per heavy atom. The Morgan fingerprint density at radius 3 is 2.86 bits per heavy atom. The van der Waals surface area contributed by atoms with Crippen LogP contribution in [0.4, 0.5) is 0 Å². The van der Waals surface area contributed by atoms with Gasteiger partial charge in [0, 0.05) is 6.42 Å². The smallest absolute Gasteiger partial charge is 0.306 e. The second-order valence-corrected chi connectivity index (χ2v) is 4.39. The highest BCUT2D eigenvalue weighted by molar-refractivity contribution is 5.70. The molecule has 0 N–H and O–H groups in total. The van der Waals surface area contributed by atoms with Crippen LogP contribution < -0.4 is 0 Å². The predicted octanol–water partition coefficient (Wildman–Crippen LogP) is 3.30. The third kappa shape index (κ3) is 3.69. The number of unbranched alkanes of at least 4 members (excludes halogenated alkanes) is 3. The topological polar surface area (TPSA) is 26.3 Å². The van der Waals surface area contributed by atoms with Crippen LogP contribution in [0.25, 0.3) is 0 Å². The molecular formula is C12H22O2. The quantitative estimate of drug-likeness (QED) is 0.500. The maximum absolute atomic E-state index is 11.1. The summed E-state index contributed by atoms with van der Waals surface area (Å²) in [5, 5.41) is 0. The molecule has 0 saturated carbocycles. The average molecular weight is 198 g/mol. The van der Waals surface area contributed by atoms with Gasteiger partial charge in [-0.05, 0) is 25.2 Å². The maximum atomic E-state index is 11.1. The van der Waals surface area contributed by atoms with E-state index in [1.165, 1.54) is 25.7 Å². The van der Waals surface area contributed by atoms with Gasteiger partial charge in [0.25, 0.3) is 0 Å². The van der Waals surface area contributed by atoms with E-state index >= 15 is 0 Å². The van der Waals surface area contributed by atoms with Crippen LogP contribution >= 0.6 is 0 Å². The van der Waals surface area contributed by atoms with E-state index in [9.17, 15) is 4.79 Å². The number of carbonyl (C=O) groups excluding carboxylic acids is 1. The molecule has 0 radical (unpaired) electrons. The first-order chi connectivity index (χ1) is 6.74. The monoisotopic (exact) mass is 198 g/mol. The van der Waals surface area contributed by atoms with Crippen LogP contribution in [-0.4, -0.2) is 12.1 Å². The summed E-state index contributed by atoms with van der Waals surface area (Å²) in [5.74, 6) is 0.568. The van der Waals surface area contributed by atoms with E-state index < -0.39 is 0 Å². The van der Waals surface area contributed by atoms with Crippen molar-refractivity contribution in [3.05, 3.63) is 0 Å². The molecular weight excluding hydrogens is 176 g/mol. The van der Waals surface area contributed by atoms with Crippen molar-refractivity contribution in [2.24, 2.45) is 5.92 Å². The molecule has 0 spiro atoms. The molecule has 14 heavy (non-hydrogen) atoms. The molecule has 1 fully saturated rings. The lowest BCUT2D eigenvalue weighted by Crippen LogP contribution is -2.30. The van der Waals surface area contributed by atoms with Crippen LogP contribution in [0.15, 0.2) is 0 Å². The van der Waals surface area contributed by atoms with Gasteiger partial charge in [0.05, 0.1) is 0 Å². The summed E-state index contributed by atoms with van der Waals surface area (Å²) < 4.78 is 5.34. The Morgan fingerprint density at radius 2 is 2.14 bits per heavy atom. The maximum Gasteiger partial charge on any atom is 0.306 e. The molecule has 0 aromatic carbocycles. The zero-order chi connectivity index (χ0) is 10.4. The van der Waals surface area contributed by atoms with Crippen molar-refractivity contribution in [2.45, 2.75) is 64.9 Å². The van der Waals surface area contributed by atoms with Gasteiger partial charge in [-0.15, -0.1) is 0 Å². The lowest BCUT2D eigenvalue weighted by atomic mass is 9.92. The van der Waals surface area contributed by atoms with E-state index in [1.54, 1.807) is 0 Å². The van der Waals surface area contributed by atoms with Crippen molar-refractivity contribution in [1.82, 2.24) is 0 Å². The predicted molar refractivity (Wildman–Crippen MR) is 57.0 cm³/mol. The molecule has 1 rings (SSSR count). The molecule has 1 heterocycles. The number of esters is 1. The van der Waals surface area contributed by atoms with Gasteiger partial charge >= 0.3 is 5.97 Å². The van der Waals surface area contributed by atoms with Crippen molar-refractivity contribution in [3.8, 4) is 0 Å². The van der Waals surface area contributed by atoms with Gasteiger partial charge < -0.3 is 4.74 Å². The summed E-state index contributed by atoms with van der Waals surface area (Å²) in [7, 11) is 0. The first-order valence-electron chi connectivity index (χ1n) is 5.93. The minimum atomic E-state index is 0.00333. The number of hydrogen-bond donors (Lipinski definition) is 0. The molecule has 1 aliphatic rings. The van der Waals surface area contributed by atoms with Gasteiger partial charge in [0.2, 0.25) is 0 Å². The van der Waals surface area contributed by atoms with Crippen molar-refractivity contribution >= 4 is 5.97 Å². The normalized spacial score (nSPS) is 27.4. The largest absolute Gasteiger partial charge is 0.462 e. The highest BCUT2D eigenvalue weighted by Crippen LogP contribution is 2.25. The molecule has 1 saturated heterocycles. The Hall–Kier alpha value is -0.530. The van der Waals surface area contributed by atoms with Crippen molar-refractivity contribution in [1.29, 1.82) is 0 Å². The van der Waals surface area contributed by atoms with E-state index in [-0.39, 0.29) is 12.1 Å². The fourth-order valence-electron chi connectivity index (χ4n) is 1.99. The van der Waals surface area contributed by atoms with Crippen LogP contribution in [0.1, 0.15) is 58.8 Å². The third-order valence-electron chi connectivity index (χ3n) is 3.06. The van der Waals surface area contributed by atoms with Crippen molar-refractivity contribution in [2.75, 3.05) is 0 Å². The molecule has 0 unspecified atom stereocenters. The minimum absolute atomic E-state index is 0.00333. The lowest BCUT2D eigenvalue weighted by molar-refractivity contribution is -0.158. The second-order valence-electron chi connectivity index (χ2n) is 4.39. The Bertz CT molecular complexity index is 177. The molecule has 2 heteroatoms. The van der Waals surface area contributed by atoms with Crippen molar-refractivity contribution < 1.29 is 9.53 Å². The van der Waals surface area contributed by atoms with Gasteiger partial charge in [-0.3, -0.25) is 4.79 Å². The zero-order valence-corrected chi connectivity index (χ0v) is 9.42. The number of ether oxygens (including phenoxy) is 1. The summed E-state index contributed by atoms with van der Waals surface area (Å²) in [4.78, 5) is 11.1. The Kier molecular flexibility index (Phi) is 4.99. The zero-order valence-electron chi connectivity index (χ0n) is 9.42. The minimum Gasteiger partial charge on any atom is -0.462 e. The van der Waals surface area contributed by atoms with E-state index in [4.69, 9.17) is 4.74 Å². The fraction of sp³-hybridized carbons (Fsp3) is 0.917. The van der Waals surface area contributed by atoms with Crippen LogP contribution in [0.5, 0.6) is 0 Å². The molecule has 0 aromatic rings. The first-order valence-corrected chi connectivity index (χ1v) is 5.93. The van der Waals surface area contributed by atoms with E-state index in [0.29, 0.717) is 12.3 Å². The lowest BCUT2D eigenvalue weighted by Gasteiger charge is -2.28. The average Bonchev–Trinajstić information content (AvgIpc) is 2.18. The summed E-state index contributed by atoms with van der Waals surface area (Å²) in [5.41, 5.74) is 0. The summed E-state index contributed by atoms with van der Waals surface area (Å²) in [6.45, 7) is 4.40. The molecule has 0 aromatic heterocycles. The summed E-state index contributed by atoms with van der Waals surface area (Å²) in [6.07, 6.45) is 7.94. The molecule has 2 atom stereocenters. The number of rotatable bonds is 5. The molecule has 1 aliphatic heterocycles. The van der Waals surface area contributed by atoms with Crippen LogP contribution in [0.3, 0.4) is 0 Å². The van der Waals surface area contributed by atoms with Gasteiger partial charge in [0.15, 0.2) is 0 Å². The standard InChI is InChI=1S/C12H22O2/c1-3-4-5-6-7-11-10(2)8-9-12(13)14-11/h10-11H,3-9H2,1-2H3/t10-,11-/m1/s1. The van der Waals surface area contributed by atoms with Crippen LogP contribution in [0, 0.1) is 5.92 Å². The van der Waals surface area contributed by atoms with E-state index in [2.05, 4.69) is 13.8 Å². The Balaban J connectivity index is 2.17. The van der Waals surface area contributed by atoms with Gasteiger partial charge in [-0.25, -0.2) is 0 Å². The van der Waals surface area contributed by atoms with Gasteiger partial charge in [0.1, 0.15) is 6.10 Å². The summed E-state index contributed by atoms with van der Waals surface area (Å²) in [6, 6.07) is 0. The first kappa shape index (κ1) is 11.5. The third-order valence-corrected chi connectivity index (χ3v) is 3.06. The van der Waals surface area contributed by atoms with Crippen molar-refractivity contribution in [3.63, 3.8) is 0 Å². The van der Waals surface area contributed by atoms with E-state index in [1.807, 2.05) is 0 Å². The number of cyclic esters (lactones) is 1. The fourth-order valence-corrected chi connectivity index (χ4v) is 1.99. The highest BCUT2D eigenvalue weighted by atomic mass is 16.5. The van der Waals surface area contributed by atoms with Gasteiger partial charge in [-0.2, -0.15) is 0 Å². The molecule has 0 aliphatic carbocycles. The van der Waals surface area contributed by atoms with Crippen LogP contribution in [-0.2, 0) is 9.53 Å².